The van der Waals surface area contributed by atoms with Gasteiger partial charge in [0.15, 0.2) is 0 Å². The monoisotopic (exact) mass is 224 g/mol. The Hall–Kier alpha value is -0.240. The van der Waals surface area contributed by atoms with Crippen molar-refractivity contribution >= 4 is 17.5 Å². The number of carbonyl (C=O) groups excluding carboxylic acids is 1. The maximum absolute atomic E-state index is 11.9. The molecule has 1 aliphatic heterocycles. The number of Topliss-reactive ketones (excluding diaryl/α,β-unsaturated/α-hetero) is 1. The number of hydrogen-bond donors (Lipinski definition) is 0. The lowest BCUT2D eigenvalue weighted by Gasteiger charge is -2.58. The van der Waals surface area contributed by atoms with Gasteiger partial charge in [0.2, 0.25) is 0 Å². The molecule has 15 heavy (non-hydrogen) atoms. The zero-order valence-electron chi connectivity index (χ0n) is 10.1. The molecule has 3 atom stereocenters. The largest absolute Gasteiger partial charge is 0.299 e. The van der Waals surface area contributed by atoms with Crippen molar-refractivity contribution in [2.24, 2.45) is 11.3 Å². The van der Waals surface area contributed by atoms with Gasteiger partial charge in [-0.3, -0.25) is 4.79 Å². The predicted octanol–water partition coefficient (Wildman–Crippen LogP) is 3.44. The van der Waals surface area contributed by atoms with Crippen LogP contribution in [0.1, 0.15) is 40.5 Å². The van der Waals surface area contributed by atoms with E-state index in [0.29, 0.717) is 17.0 Å². The molecule has 2 heteroatoms. The van der Waals surface area contributed by atoms with Gasteiger partial charge in [-0.25, -0.2) is 0 Å². The van der Waals surface area contributed by atoms with Gasteiger partial charge in [-0.2, -0.15) is 11.8 Å². The summed E-state index contributed by atoms with van der Waals surface area (Å²) < 4.78 is 0.120. The first-order chi connectivity index (χ1) is 6.76. The van der Waals surface area contributed by atoms with Gasteiger partial charge in [0.1, 0.15) is 5.78 Å². The Morgan fingerprint density at radius 3 is 2.60 bits per heavy atom. The Labute approximate surface area is 96.7 Å². The number of allylic oxidation sites excluding steroid dienone is 1. The lowest BCUT2D eigenvalue weighted by molar-refractivity contribution is -0.129. The molecule has 0 amide bonds. The highest BCUT2D eigenvalue weighted by Crippen LogP contribution is 2.62. The van der Waals surface area contributed by atoms with Crippen molar-refractivity contribution in [1.29, 1.82) is 0 Å². The molecule has 0 aromatic carbocycles. The van der Waals surface area contributed by atoms with Crippen LogP contribution in [-0.2, 0) is 4.79 Å². The number of carbonyl (C=O) groups is 1. The molecule has 1 nitrogen and oxygen atoms in total. The molecule has 2 fully saturated rings. The van der Waals surface area contributed by atoms with Crippen LogP contribution in [0.3, 0.4) is 0 Å². The molecule has 0 aromatic heterocycles. The molecule has 1 heterocycles. The third-order valence-electron chi connectivity index (χ3n) is 4.07. The Balaban J connectivity index is 2.23. The number of ketones is 1. The van der Waals surface area contributed by atoms with E-state index in [9.17, 15) is 4.79 Å². The number of rotatable bonds is 1. The summed E-state index contributed by atoms with van der Waals surface area (Å²) in [6.45, 7) is 12.8. The van der Waals surface area contributed by atoms with Gasteiger partial charge < -0.3 is 0 Å². The first-order valence-electron chi connectivity index (χ1n) is 5.63. The summed E-state index contributed by atoms with van der Waals surface area (Å²) in [6.07, 6.45) is 1.76. The quantitative estimate of drug-likeness (QED) is 0.635. The van der Waals surface area contributed by atoms with Gasteiger partial charge in [-0.15, -0.1) is 0 Å². The minimum Gasteiger partial charge on any atom is -0.299 e. The van der Waals surface area contributed by atoms with E-state index in [2.05, 4.69) is 34.3 Å². The fraction of sp³-hybridized carbons (Fsp3) is 0.769. The highest BCUT2D eigenvalue weighted by molar-refractivity contribution is 8.01. The highest BCUT2D eigenvalue weighted by atomic mass is 32.2. The molecule has 84 valence electrons. The van der Waals surface area contributed by atoms with E-state index in [-0.39, 0.29) is 10.2 Å². The maximum atomic E-state index is 11.9. The van der Waals surface area contributed by atoms with Crippen LogP contribution in [-0.4, -0.2) is 15.8 Å². The van der Waals surface area contributed by atoms with E-state index >= 15 is 0 Å². The molecule has 0 spiro atoms. The fourth-order valence-electron chi connectivity index (χ4n) is 2.81. The van der Waals surface area contributed by atoms with E-state index in [4.69, 9.17) is 0 Å². The third-order valence-corrected chi connectivity index (χ3v) is 5.96. The van der Waals surface area contributed by atoms with Gasteiger partial charge in [0.05, 0.1) is 0 Å². The van der Waals surface area contributed by atoms with Crippen LogP contribution in [0.2, 0.25) is 0 Å². The van der Waals surface area contributed by atoms with E-state index < -0.39 is 0 Å². The molecule has 1 saturated heterocycles. The Morgan fingerprint density at radius 1 is 1.47 bits per heavy atom. The smallest absolute Gasteiger partial charge is 0.138 e. The summed E-state index contributed by atoms with van der Waals surface area (Å²) >= 11 is 2.00. The highest BCUT2D eigenvalue weighted by Gasteiger charge is 2.58. The van der Waals surface area contributed by atoms with Gasteiger partial charge in [0.25, 0.3) is 0 Å². The van der Waals surface area contributed by atoms with E-state index in [1.165, 1.54) is 5.57 Å². The molecular formula is C13H20OS. The molecule has 1 saturated carbocycles. The van der Waals surface area contributed by atoms with Crippen molar-refractivity contribution < 1.29 is 4.79 Å². The van der Waals surface area contributed by atoms with Crippen LogP contribution in [0, 0.1) is 11.3 Å². The normalized spacial score (nSPS) is 43.1. The summed E-state index contributed by atoms with van der Waals surface area (Å²) in [6, 6.07) is 0. The standard InChI is InChI=1S/C13H20OS/c1-8(2)13(5)6-9-10(14)7-12(3,4)15-11(9)13/h9,11H,1,6-7H2,2-5H3/t9-,11+,13?/m0/s1. The van der Waals surface area contributed by atoms with Crippen molar-refractivity contribution in [1.82, 2.24) is 0 Å². The molecule has 0 bridgehead atoms. The lowest BCUT2D eigenvalue weighted by Crippen LogP contribution is -2.57. The van der Waals surface area contributed by atoms with E-state index in [1.54, 1.807) is 0 Å². The van der Waals surface area contributed by atoms with Crippen LogP contribution in [0.5, 0.6) is 0 Å². The number of thioether (sulfide) groups is 1. The second-order valence-corrected chi connectivity index (χ2v) is 7.80. The van der Waals surface area contributed by atoms with Crippen LogP contribution in [0.15, 0.2) is 12.2 Å². The van der Waals surface area contributed by atoms with Crippen LogP contribution >= 0.6 is 11.8 Å². The Kier molecular flexibility index (Phi) is 2.35. The zero-order chi connectivity index (χ0) is 11.4. The molecule has 2 aliphatic rings. The number of hydrogen-bond acceptors (Lipinski definition) is 2. The fourth-order valence-corrected chi connectivity index (χ4v) is 4.69. The van der Waals surface area contributed by atoms with Crippen molar-refractivity contribution in [2.75, 3.05) is 0 Å². The minimum absolute atomic E-state index is 0.120. The SMILES string of the molecule is C=C(C)C1(C)C[C@H]2C(=O)CC(C)(C)S[C@H]21. The second-order valence-electron chi connectivity index (χ2n) is 5.95. The van der Waals surface area contributed by atoms with Gasteiger partial charge in [-0.05, 0) is 13.3 Å². The topological polar surface area (TPSA) is 17.1 Å². The minimum atomic E-state index is 0.120. The van der Waals surface area contributed by atoms with Gasteiger partial charge in [-0.1, -0.05) is 32.9 Å². The van der Waals surface area contributed by atoms with Crippen molar-refractivity contribution in [2.45, 2.75) is 50.5 Å². The summed E-state index contributed by atoms with van der Waals surface area (Å²) in [4.78, 5) is 11.9. The molecule has 1 aliphatic carbocycles. The molecular weight excluding hydrogens is 204 g/mol. The Bertz CT molecular complexity index is 331. The first-order valence-corrected chi connectivity index (χ1v) is 6.51. The first kappa shape index (κ1) is 11.3. The van der Waals surface area contributed by atoms with Gasteiger partial charge >= 0.3 is 0 Å². The molecule has 0 aromatic rings. The van der Waals surface area contributed by atoms with Crippen LogP contribution in [0.4, 0.5) is 0 Å². The van der Waals surface area contributed by atoms with Gasteiger partial charge in [0, 0.05) is 27.8 Å². The Morgan fingerprint density at radius 2 is 2.07 bits per heavy atom. The summed E-state index contributed by atoms with van der Waals surface area (Å²) in [5, 5.41) is 0.478. The maximum Gasteiger partial charge on any atom is 0.138 e. The van der Waals surface area contributed by atoms with Crippen LogP contribution < -0.4 is 0 Å². The third kappa shape index (κ3) is 1.57. The number of fused-ring (bicyclic) bond motifs is 1. The van der Waals surface area contributed by atoms with Crippen molar-refractivity contribution in [3.8, 4) is 0 Å². The molecule has 0 radical (unpaired) electrons. The predicted molar refractivity (Wildman–Crippen MR) is 66.1 cm³/mol. The average Bonchev–Trinajstić information content (AvgIpc) is 2.07. The van der Waals surface area contributed by atoms with Crippen LogP contribution in [0.25, 0.3) is 0 Å². The van der Waals surface area contributed by atoms with E-state index in [1.807, 2.05) is 11.8 Å². The molecule has 2 rings (SSSR count). The molecule has 0 N–H and O–H groups in total. The molecule has 1 unspecified atom stereocenters. The van der Waals surface area contributed by atoms with E-state index in [0.717, 1.165) is 12.8 Å². The van der Waals surface area contributed by atoms with Crippen molar-refractivity contribution in [3.05, 3.63) is 12.2 Å². The van der Waals surface area contributed by atoms with Crippen molar-refractivity contribution in [3.63, 3.8) is 0 Å². The second kappa shape index (κ2) is 3.13. The summed E-state index contributed by atoms with van der Waals surface area (Å²) in [7, 11) is 0. The average molecular weight is 224 g/mol. The lowest BCUT2D eigenvalue weighted by atomic mass is 9.57. The summed E-state index contributed by atoms with van der Waals surface area (Å²) in [5.74, 6) is 0.784. The zero-order valence-corrected chi connectivity index (χ0v) is 10.9. The summed E-state index contributed by atoms with van der Waals surface area (Å²) in [5.41, 5.74) is 1.43.